The molecule has 0 aliphatic rings. The third-order valence-electron chi connectivity index (χ3n) is 4.25. The quantitative estimate of drug-likeness (QED) is 0.630. The minimum absolute atomic E-state index is 0.232. The molecule has 3 aromatic heterocycles. The number of methoxy groups -OCH3 is 1. The lowest BCUT2D eigenvalue weighted by Gasteiger charge is -2.03. The van der Waals surface area contributed by atoms with Crippen LogP contribution in [-0.2, 0) is 17.7 Å². The number of ether oxygens (including phenoxy) is 1. The van der Waals surface area contributed by atoms with Gasteiger partial charge in [-0.2, -0.15) is 0 Å². The molecule has 0 unspecified atom stereocenters. The number of thiazole rings is 1. The number of amides is 1. The van der Waals surface area contributed by atoms with Crippen LogP contribution >= 0.6 is 11.3 Å². The van der Waals surface area contributed by atoms with Gasteiger partial charge in [0.15, 0.2) is 5.76 Å². The van der Waals surface area contributed by atoms with Crippen LogP contribution in [0.3, 0.4) is 0 Å². The van der Waals surface area contributed by atoms with Gasteiger partial charge < -0.3 is 19.5 Å². The SMILES string of the molecule is CCc1[nH]c(C(=O)NCc2ccc(-c3csc(C)n3)o2)c(C)c1C(=O)OC. The number of aromatic amines is 1. The second-order valence-corrected chi connectivity index (χ2v) is 7.09. The molecule has 3 rings (SSSR count). The summed E-state index contributed by atoms with van der Waals surface area (Å²) in [6.07, 6.45) is 0.590. The highest BCUT2D eigenvalue weighted by Crippen LogP contribution is 2.24. The van der Waals surface area contributed by atoms with E-state index in [0.29, 0.717) is 40.5 Å². The van der Waals surface area contributed by atoms with Gasteiger partial charge in [-0.1, -0.05) is 6.92 Å². The molecule has 27 heavy (non-hydrogen) atoms. The van der Waals surface area contributed by atoms with E-state index in [-0.39, 0.29) is 12.5 Å². The maximum atomic E-state index is 12.6. The molecule has 3 heterocycles. The van der Waals surface area contributed by atoms with Crippen molar-refractivity contribution in [3.8, 4) is 11.5 Å². The number of esters is 1. The molecule has 0 aromatic carbocycles. The molecule has 1 amide bonds. The summed E-state index contributed by atoms with van der Waals surface area (Å²) < 4.78 is 10.6. The summed E-state index contributed by atoms with van der Waals surface area (Å²) in [5, 5.41) is 5.71. The molecular formula is C19H21N3O4S. The van der Waals surface area contributed by atoms with Gasteiger partial charge in [-0.05, 0) is 38.0 Å². The van der Waals surface area contributed by atoms with Crippen LogP contribution in [0.15, 0.2) is 21.9 Å². The highest BCUT2D eigenvalue weighted by molar-refractivity contribution is 7.09. The second-order valence-electron chi connectivity index (χ2n) is 6.02. The number of nitrogens with one attached hydrogen (secondary N) is 2. The lowest BCUT2D eigenvalue weighted by atomic mass is 10.1. The van der Waals surface area contributed by atoms with E-state index in [2.05, 4.69) is 15.3 Å². The van der Waals surface area contributed by atoms with Crippen molar-refractivity contribution in [1.82, 2.24) is 15.3 Å². The van der Waals surface area contributed by atoms with Gasteiger partial charge in [-0.15, -0.1) is 11.3 Å². The number of aromatic nitrogens is 2. The highest BCUT2D eigenvalue weighted by Gasteiger charge is 2.23. The van der Waals surface area contributed by atoms with Crippen molar-refractivity contribution in [2.45, 2.75) is 33.7 Å². The number of rotatable bonds is 6. The summed E-state index contributed by atoms with van der Waals surface area (Å²) in [6.45, 7) is 5.80. The Kier molecular flexibility index (Phi) is 5.46. The maximum Gasteiger partial charge on any atom is 0.339 e. The van der Waals surface area contributed by atoms with Crippen molar-refractivity contribution >= 4 is 23.2 Å². The van der Waals surface area contributed by atoms with E-state index in [1.807, 2.05) is 31.4 Å². The summed E-state index contributed by atoms with van der Waals surface area (Å²) in [5.41, 5.74) is 2.82. The average molecular weight is 387 g/mol. The van der Waals surface area contributed by atoms with E-state index in [9.17, 15) is 9.59 Å². The van der Waals surface area contributed by atoms with E-state index in [0.717, 1.165) is 10.7 Å². The molecule has 0 spiro atoms. The predicted octanol–water partition coefficient (Wildman–Crippen LogP) is 3.63. The van der Waals surface area contributed by atoms with Gasteiger partial charge in [0.2, 0.25) is 0 Å². The van der Waals surface area contributed by atoms with E-state index in [1.54, 1.807) is 18.3 Å². The molecule has 0 radical (unpaired) electrons. The highest BCUT2D eigenvalue weighted by atomic mass is 32.1. The summed E-state index contributed by atoms with van der Waals surface area (Å²) in [5.74, 6) is 0.534. The minimum Gasteiger partial charge on any atom is -0.465 e. The molecule has 2 N–H and O–H groups in total. The van der Waals surface area contributed by atoms with Crippen LogP contribution in [0.5, 0.6) is 0 Å². The Balaban J connectivity index is 1.72. The fraction of sp³-hybridized carbons (Fsp3) is 0.316. The fourth-order valence-corrected chi connectivity index (χ4v) is 3.47. The normalized spacial score (nSPS) is 10.8. The van der Waals surface area contributed by atoms with Gasteiger partial charge in [0.25, 0.3) is 5.91 Å². The Morgan fingerprint density at radius 1 is 1.33 bits per heavy atom. The summed E-state index contributed by atoms with van der Waals surface area (Å²) in [7, 11) is 1.33. The monoisotopic (exact) mass is 387 g/mol. The maximum absolute atomic E-state index is 12.6. The van der Waals surface area contributed by atoms with E-state index in [4.69, 9.17) is 9.15 Å². The third kappa shape index (κ3) is 3.80. The number of furan rings is 1. The molecule has 0 saturated carbocycles. The first kappa shape index (κ1) is 18.9. The van der Waals surface area contributed by atoms with Crippen LogP contribution in [0.4, 0.5) is 0 Å². The first-order valence-corrected chi connectivity index (χ1v) is 9.41. The van der Waals surface area contributed by atoms with Gasteiger partial charge >= 0.3 is 5.97 Å². The number of nitrogens with zero attached hydrogens (tertiary/aromatic N) is 1. The van der Waals surface area contributed by atoms with Crippen molar-refractivity contribution in [1.29, 1.82) is 0 Å². The zero-order valence-electron chi connectivity index (χ0n) is 15.6. The first-order valence-electron chi connectivity index (χ1n) is 8.53. The zero-order chi connectivity index (χ0) is 19.6. The predicted molar refractivity (Wildman–Crippen MR) is 102 cm³/mol. The molecule has 8 heteroatoms. The van der Waals surface area contributed by atoms with Crippen molar-refractivity contribution in [2.75, 3.05) is 7.11 Å². The van der Waals surface area contributed by atoms with E-state index >= 15 is 0 Å². The minimum atomic E-state index is -0.450. The molecule has 3 aromatic rings. The van der Waals surface area contributed by atoms with Gasteiger partial charge in [0, 0.05) is 11.1 Å². The molecule has 0 atom stereocenters. The van der Waals surface area contributed by atoms with Crippen LogP contribution in [0.25, 0.3) is 11.5 Å². The standard InChI is InChI=1S/C19H21N3O4S/c1-5-13-16(19(24)25-4)10(2)17(22-13)18(23)20-8-12-6-7-15(26-12)14-9-27-11(3)21-14/h6-7,9,22H,5,8H2,1-4H3,(H,20,23). The molecular weight excluding hydrogens is 366 g/mol. The number of hydrogen-bond donors (Lipinski definition) is 2. The summed E-state index contributed by atoms with van der Waals surface area (Å²) in [6, 6.07) is 3.64. The van der Waals surface area contributed by atoms with Gasteiger partial charge in [0.1, 0.15) is 17.1 Å². The number of carbonyl (C=O) groups excluding carboxylic acids is 2. The first-order chi connectivity index (χ1) is 12.9. The van der Waals surface area contributed by atoms with Crippen molar-refractivity contribution in [3.05, 3.63) is 50.8 Å². The van der Waals surface area contributed by atoms with E-state index < -0.39 is 5.97 Å². The lowest BCUT2D eigenvalue weighted by molar-refractivity contribution is 0.0599. The Morgan fingerprint density at radius 3 is 2.74 bits per heavy atom. The van der Waals surface area contributed by atoms with Crippen LogP contribution in [0.1, 0.15) is 49.8 Å². The number of carbonyl (C=O) groups is 2. The lowest BCUT2D eigenvalue weighted by Crippen LogP contribution is -2.23. The fourth-order valence-electron chi connectivity index (χ4n) is 2.87. The van der Waals surface area contributed by atoms with Gasteiger partial charge in [-0.3, -0.25) is 4.79 Å². The van der Waals surface area contributed by atoms with Crippen LogP contribution in [-0.4, -0.2) is 29.0 Å². The second kappa shape index (κ2) is 7.79. The van der Waals surface area contributed by atoms with Crippen molar-refractivity contribution in [2.24, 2.45) is 0 Å². The van der Waals surface area contributed by atoms with Gasteiger partial charge in [-0.25, -0.2) is 9.78 Å². The van der Waals surface area contributed by atoms with Crippen LogP contribution in [0, 0.1) is 13.8 Å². The molecule has 0 saturated heterocycles. The molecule has 0 fully saturated rings. The molecule has 0 aliphatic heterocycles. The van der Waals surface area contributed by atoms with Crippen LogP contribution < -0.4 is 5.32 Å². The topological polar surface area (TPSA) is 97.2 Å². The number of aryl methyl sites for hydroxylation is 2. The molecule has 142 valence electrons. The van der Waals surface area contributed by atoms with Gasteiger partial charge in [0.05, 0.1) is 24.2 Å². The number of hydrogen-bond acceptors (Lipinski definition) is 6. The zero-order valence-corrected chi connectivity index (χ0v) is 16.5. The Labute approximate surface area is 160 Å². The summed E-state index contributed by atoms with van der Waals surface area (Å²) >= 11 is 1.55. The largest absolute Gasteiger partial charge is 0.465 e. The van der Waals surface area contributed by atoms with Crippen molar-refractivity contribution < 1.29 is 18.7 Å². The van der Waals surface area contributed by atoms with Crippen LogP contribution in [0.2, 0.25) is 0 Å². The Bertz CT molecular complexity index is 983. The molecule has 7 nitrogen and oxygen atoms in total. The Hall–Kier alpha value is -2.87. The van der Waals surface area contributed by atoms with Crippen molar-refractivity contribution in [3.63, 3.8) is 0 Å². The third-order valence-corrected chi connectivity index (χ3v) is 5.03. The smallest absolute Gasteiger partial charge is 0.339 e. The Morgan fingerprint density at radius 2 is 2.11 bits per heavy atom. The summed E-state index contributed by atoms with van der Waals surface area (Å²) in [4.78, 5) is 32.0. The molecule has 0 aliphatic carbocycles. The van der Waals surface area contributed by atoms with E-state index in [1.165, 1.54) is 7.11 Å². The average Bonchev–Trinajstić information content (AvgIpc) is 3.37. The number of H-pyrrole nitrogens is 1. The molecule has 0 bridgehead atoms.